The Morgan fingerprint density at radius 3 is 3.00 bits per heavy atom. The number of nitrogens with zero attached hydrogens (tertiary/aromatic N) is 2. The molecule has 2 rings (SSSR count). The lowest BCUT2D eigenvalue weighted by Gasteiger charge is -1.95. The smallest absolute Gasteiger partial charge is 0.253 e. The number of alkyl halides is 1. The summed E-state index contributed by atoms with van der Waals surface area (Å²) in [5.74, 6) is 1.29. The van der Waals surface area contributed by atoms with Crippen LogP contribution in [0, 0.1) is 6.92 Å². The van der Waals surface area contributed by atoms with E-state index in [1.54, 1.807) is 6.20 Å². The number of halogens is 1. The third-order valence-electron chi connectivity index (χ3n) is 2.28. The number of nitrogens with one attached hydrogen (secondary N) is 1. The van der Waals surface area contributed by atoms with Gasteiger partial charge in [0.25, 0.3) is 5.89 Å². The van der Waals surface area contributed by atoms with E-state index in [-0.39, 0.29) is 11.3 Å². The van der Waals surface area contributed by atoms with Gasteiger partial charge in [0.15, 0.2) is 5.43 Å². The van der Waals surface area contributed by atoms with Crippen molar-refractivity contribution in [1.82, 2.24) is 15.2 Å². The van der Waals surface area contributed by atoms with Crippen LogP contribution in [0.4, 0.5) is 0 Å². The first-order valence-corrected chi connectivity index (χ1v) is 5.82. The molecule has 2 heterocycles. The molecule has 5 nitrogen and oxygen atoms in total. The van der Waals surface area contributed by atoms with Crippen molar-refractivity contribution in [3.8, 4) is 11.5 Å². The van der Waals surface area contributed by atoms with Gasteiger partial charge < -0.3 is 9.40 Å². The van der Waals surface area contributed by atoms with E-state index >= 15 is 0 Å². The monoisotopic (exact) mass is 253 g/mol. The fourth-order valence-corrected chi connectivity index (χ4v) is 1.56. The zero-order valence-corrected chi connectivity index (χ0v) is 10.1. The van der Waals surface area contributed by atoms with Crippen LogP contribution in [0.2, 0.25) is 0 Å². The van der Waals surface area contributed by atoms with Crippen LogP contribution in [0.5, 0.6) is 0 Å². The minimum atomic E-state index is -0.131. The van der Waals surface area contributed by atoms with E-state index in [0.717, 1.165) is 12.1 Å². The Hall–Kier alpha value is -1.62. The van der Waals surface area contributed by atoms with E-state index in [9.17, 15) is 4.79 Å². The van der Waals surface area contributed by atoms with Crippen LogP contribution < -0.4 is 5.43 Å². The highest BCUT2D eigenvalue weighted by atomic mass is 35.5. The van der Waals surface area contributed by atoms with Gasteiger partial charge >= 0.3 is 0 Å². The van der Waals surface area contributed by atoms with Crippen molar-refractivity contribution < 1.29 is 4.42 Å². The molecule has 1 N–H and O–H groups in total. The Kier molecular flexibility index (Phi) is 3.58. The number of hydrogen-bond acceptors (Lipinski definition) is 4. The molecule has 6 heteroatoms. The van der Waals surface area contributed by atoms with E-state index in [0.29, 0.717) is 23.8 Å². The average molecular weight is 254 g/mol. The van der Waals surface area contributed by atoms with Crippen molar-refractivity contribution >= 4 is 11.6 Å². The molecule has 0 radical (unpaired) electrons. The van der Waals surface area contributed by atoms with E-state index in [1.807, 2.05) is 6.92 Å². The fraction of sp³-hybridized carbons (Fsp3) is 0.364. The molecule has 2 aromatic heterocycles. The predicted molar refractivity (Wildman–Crippen MR) is 64.1 cm³/mol. The third-order valence-corrected chi connectivity index (χ3v) is 2.55. The third kappa shape index (κ3) is 2.74. The second-order valence-corrected chi connectivity index (χ2v) is 4.07. The number of rotatable bonds is 4. The molecule has 0 amide bonds. The lowest BCUT2D eigenvalue weighted by molar-refractivity contribution is 0.502. The van der Waals surface area contributed by atoms with Crippen molar-refractivity contribution in [2.45, 2.75) is 19.8 Å². The second kappa shape index (κ2) is 5.14. The average Bonchev–Trinajstić information content (AvgIpc) is 2.75. The van der Waals surface area contributed by atoms with E-state index in [4.69, 9.17) is 16.0 Å². The minimum Gasteiger partial charge on any atom is -0.420 e. The van der Waals surface area contributed by atoms with Crippen molar-refractivity contribution in [3.05, 3.63) is 34.1 Å². The molecular formula is C11H12ClN3O2. The first-order valence-electron chi connectivity index (χ1n) is 5.29. The van der Waals surface area contributed by atoms with Crippen LogP contribution >= 0.6 is 11.6 Å². The molecule has 0 aliphatic rings. The molecule has 0 aliphatic carbocycles. The summed E-state index contributed by atoms with van der Waals surface area (Å²) in [6, 6.07) is 1.50. The van der Waals surface area contributed by atoms with Gasteiger partial charge in [-0.15, -0.1) is 21.8 Å². The molecule has 90 valence electrons. The number of aromatic nitrogens is 3. The minimum absolute atomic E-state index is 0.131. The molecule has 17 heavy (non-hydrogen) atoms. The van der Waals surface area contributed by atoms with Crippen molar-refractivity contribution in [2.75, 3.05) is 5.88 Å². The summed E-state index contributed by atoms with van der Waals surface area (Å²) in [6.07, 6.45) is 2.98. The predicted octanol–water partition coefficient (Wildman–Crippen LogP) is 1.90. The highest BCUT2D eigenvalue weighted by Crippen LogP contribution is 2.13. The molecule has 0 aromatic carbocycles. The molecular weight excluding hydrogens is 242 g/mol. The fourth-order valence-electron chi connectivity index (χ4n) is 1.42. The standard InChI is InChI=1S/C11H12ClN3O2/c1-7-5-9(16)8(6-13-7)11-15-14-10(17-11)3-2-4-12/h5-6H,2-4H2,1H3,(H,13,16). The van der Waals surface area contributed by atoms with E-state index < -0.39 is 0 Å². The van der Waals surface area contributed by atoms with Crippen LogP contribution in [-0.4, -0.2) is 21.1 Å². The first kappa shape index (κ1) is 11.9. The zero-order valence-electron chi connectivity index (χ0n) is 9.36. The maximum atomic E-state index is 11.7. The van der Waals surface area contributed by atoms with Crippen LogP contribution in [-0.2, 0) is 6.42 Å². The Balaban J connectivity index is 2.27. The molecule has 0 bridgehead atoms. The van der Waals surface area contributed by atoms with Gasteiger partial charge in [0.1, 0.15) is 5.56 Å². The van der Waals surface area contributed by atoms with Gasteiger partial charge in [-0.3, -0.25) is 4.79 Å². The van der Waals surface area contributed by atoms with Gasteiger partial charge in [0.05, 0.1) is 0 Å². The maximum absolute atomic E-state index is 11.7. The molecule has 0 saturated heterocycles. The van der Waals surface area contributed by atoms with Crippen LogP contribution in [0.3, 0.4) is 0 Å². The van der Waals surface area contributed by atoms with Crippen LogP contribution in [0.15, 0.2) is 21.5 Å². The van der Waals surface area contributed by atoms with Gasteiger partial charge in [0.2, 0.25) is 5.89 Å². The highest BCUT2D eigenvalue weighted by molar-refractivity contribution is 6.17. The maximum Gasteiger partial charge on any atom is 0.253 e. The van der Waals surface area contributed by atoms with Crippen LogP contribution in [0.25, 0.3) is 11.5 Å². The SMILES string of the molecule is Cc1cc(=O)c(-c2nnc(CCCCl)o2)c[nH]1. The summed E-state index contributed by atoms with van der Waals surface area (Å²) >= 11 is 5.57. The molecule has 0 unspecified atom stereocenters. The van der Waals surface area contributed by atoms with E-state index in [2.05, 4.69) is 15.2 Å². The number of hydrogen-bond donors (Lipinski definition) is 1. The van der Waals surface area contributed by atoms with Gasteiger partial charge in [-0.05, 0) is 13.3 Å². The first-order chi connectivity index (χ1) is 8.20. The summed E-state index contributed by atoms with van der Waals surface area (Å²) in [5.41, 5.74) is 1.05. The summed E-state index contributed by atoms with van der Waals surface area (Å²) in [5, 5.41) is 7.72. The Bertz CT molecular complexity index is 562. The highest BCUT2D eigenvalue weighted by Gasteiger charge is 2.11. The summed E-state index contributed by atoms with van der Waals surface area (Å²) in [7, 11) is 0. The number of H-pyrrole nitrogens is 1. The normalized spacial score (nSPS) is 10.7. The van der Waals surface area contributed by atoms with E-state index in [1.165, 1.54) is 6.07 Å². The molecule has 0 aliphatic heterocycles. The van der Waals surface area contributed by atoms with Crippen molar-refractivity contribution in [3.63, 3.8) is 0 Å². The zero-order chi connectivity index (χ0) is 12.3. The van der Waals surface area contributed by atoms with Crippen molar-refractivity contribution in [1.29, 1.82) is 0 Å². The molecule has 2 aromatic rings. The molecule has 0 atom stereocenters. The van der Waals surface area contributed by atoms with Gasteiger partial charge in [-0.25, -0.2) is 0 Å². The number of aryl methyl sites for hydroxylation is 2. The van der Waals surface area contributed by atoms with Gasteiger partial charge in [-0.1, -0.05) is 0 Å². The van der Waals surface area contributed by atoms with Gasteiger partial charge in [0, 0.05) is 30.3 Å². The summed E-state index contributed by atoms with van der Waals surface area (Å²) < 4.78 is 5.39. The second-order valence-electron chi connectivity index (χ2n) is 3.69. The quantitative estimate of drug-likeness (QED) is 0.845. The molecule has 0 fully saturated rings. The number of pyridine rings is 1. The Morgan fingerprint density at radius 1 is 1.47 bits per heavy atom. The number of aromatic amines is 1. The Morgan fingerprint density at radius 2 is 2.29 bits per heavy atom. The largest absolute Gasteiger partial charge is 0.420 e. The van der Waals surface area contributed by atoms with Gasteiger partial charge in [-0.2, -0.15) is 0 Å². The molecule has 0 saturated carbocycles. The molecule has 0 spiro atoms. The van der Waals surface area contributed by atoms with Crippen molar-refractivity contribution in [2.24, 2.45) is 0 Å². The lowest BCUT2D eigenvalue weighted by Crippen LogP contribution is -2.05. The Labute approximate surface area is 103 Å². The lowest BCUT2D eigenvalue weighted by atomic mass is 10.2. The summed E-state index contributed by atoms with van der Waals surface area (Å²) in [6.45, 7) is 1.81. The topological polar surface area (TPSA) is 71.8 Å². The van der Waals surface area contributed by atoms with Crippen LogP contribution in [0.1, 0.15) is 18.0 Å². The summed E-state index contributed by atoms with van der Waals surface area (Å²) in [4.78, 5) is 14.6.